The molecule has 1 aliphatic rings. The highest BCUT2D eigenvalue weighted by Crippen LogP contribution is 2.34. The predicted octanol–water partition coefficient (Wildman–Crippen LogP) is 6.31. The van der Waals surface area contributed by atoms with Gasteiger partial charge in [0.2, 0.25) is 0 Å². The molecule has 1 aliphatic heterocycles. The molecule has 1 amide bonds. The van der Waals surface area contributed by atoms with Gasteiger partial charge < -0.3 is 15.3 Å². The molecule has 1 fully saturated rings. The molecule has 1 aromatic heterocycles. The molecule has 2 heterocycles. The van der Waals surface area contributed by atoms with E-state index in [1.54, 1.807) is 12.3 Å². The van der Waals surface area contributed by atoms with Crippen LogP contribution >= 0.6 is 11.6 Å². The molecule has 6 nitrogen and oxygen atoms in total. The zero-order chi connectivity index (χ0) is 26.3. The second-order valence-corrected chi connectivity index (χ2v) is 8.68. The van der Waals surface area contributed by atoms with Crippen LogP contribution in [-0.4, -0.2) is 41.2 Å². The number of nitrogens with one attached hydrogen (secondary N) is 1. The van der Waals surface area contributed by atoms with Crippen LogP contribution in [0.2, 0.25) is 5.02 Å². The van der Waals surface area contributed by atoms with E-state index in [4.69, 9.17) is 21.5 Å². The molecule has 10 heteroatoms. The van der Waals surface area contributed by atoms with Crippen molar-refractivity contribution in [2.75, 3.05) is 23.3 Å². The molecule has 4 rings (SSSR count). The number of carbonyl (C=O) groups is 2. The van der Waals surface area contributed by atoms with Gasteiger partial charge in [0.15, 0.2) is 0 Å². The van der Waals surface area contributed by atoms with Crippen LogP contribution in [0.25, 0.3) is 0 Å². The number of benzene rings is 2. The average molecular weight is 520 g/mol. The number of halogens is 4. The lowest BCUT2D eigenvalue weighted by molar-refractivity contribution is -0.192. The molecule has 0 atom stereocenters. The van der Waals surface area contributed by atoms with Crippen molar-refractivity contribution in [1.29, 1.82) is 0 Å². The predicted molar refractivity (Wildman–Crippen MR) is 133 cm³/mol. The number of amides is 1. The molecule has 0 spiro atoms. The average Bonchev–Trinajstić information content (AvgIpc) is 2.85. The topological polar surface area (TPSA) is 82.5 Å². The van der Waals surface area contributed by atoms with Crippen LogP contribution < -0.4 is 10.2 Å². The number of hydrogen-bond acceptors (Lipinski definition) is 4. The first-order valence-electron chi connectivity index (χ1n) is 11.2. The number of aryl methyl sites for hydroxylation is 1. The molecule has 2 aromatic carbocycles. The highest BCUT2D eigenvalue weighted by molar-refractivity contribution is 6.33. The largest absolute Gasteiger partial charge is 0.490 e. The first-order valence-corrected chi connectivity index (χ1v) is 11.6. The van der Waals surface area contributed by atoms with Crippen molar-refractivity contribution < 1.29 is 27.9 Å². The molecule has 0 bridgehead atoms. The summed E-state index contributed by atoms with van der Waals surface area (Å²) in [6.45, 7) is 3.99. The summed E-state index contributed by atoms with van der Waals surface area (Å²) in [5.41, 5.74) is 4.00. The Morgan fingerprint density at radius 1 is 1.06 bits per heavy atom. The number of pyridine rings is 1. The lowest BCUT2D eigenvalue weighted by atomic mass is 9.87. The van der Waals surface area contributed by atoms with E-state index in [2.05, 4.69) is 46.4 Å². The number of rotatable bonds is 4. The van der Waals surface area contributed by atoms with E-state index in [-0.39, 0.29) is 5.91 Å². The maximum absolute atomic E-state index is 12.5. The second-order valence-electron chi connectivity index (χ2n) is 8.27. The van der Waals surface area contributed by atoms with E-state index in [0.717, 1.165) is 37.4 Å². The van der Waals surface area contributed by atoms with Gasteiger partial charge in [-0.3, -0.25) is 4.79 Å². The number of carboxylic acids is 1. The van der Waals surface area contributed by atoms with Crippen molar-refractivity contribution in [2.24, 2.45) is 0 Å². The summed E-state index contributed by atoms with van der Waals surface area (Å²) in [5, 5.41) is 10.5. The van der Waals surface area contributed by atoms with Crippen molar-refractivity contribution in [3.8, 4) is 0 Å². The van der Waals surface area contributed by atoms with Crippen molar-refractivity contribution in [3.05, 3.63) is 88.6 Å². The van der Waals surface area contributed by atoms with Gasteiger partial charge in [-0.15, -0.1) is 0 Å². The number of nitrogens with zero attached hydrogens (tertiary/aromatic N) is 2. The number of hydrogen-bond donors (Lipinski definition) is 2. The van der Waals surface area contributed by atoms with E-state index >= 15 is 0 Å². The van der Waals surface area contributed by atoms with Crippen LogP contribution in [0.1, 0.15) is 40.2 Å². The Hall–Kier alpha value is -3.59. The van der Waals surface area contributed by atoms with Gasteiger partial charge in [0, 0.05) is 25.0 Å². The summed E-state index contributed by atoms with van der Waals surface area (Å²) in [6.07, 6.45) is -1.34. The number of anilines is 2. The maximum Gasteiger partial charge on any atom is 0.490 e. The van der Waals surface area contributed by atoms with Gasteiger partial charge in [-0.05, 0) is 55.0 Å². The molecule has 0 aliphatic carbocycles. The van der Waals surface area contributed by atoms with E-state index in [9.17, 15) is 18.0 Å². The number of carbonyl (C=O) groups excluding carboxylic acids is 1. The second kappa shape index (κ2) is 11.9. The summed E-state index contributed by atoms with van der Waals surface area (Å²) < 4.78 is 31.7. The molecule has 190 valence electrons. The van der Waals surface area contributed by atoms with E-state index in [1.807, 2.05) is 30.3 Å². The molecular weight excluding hydrogens is 495 g/mol. The fraction of sp³-hybridized carbons (Fsp3) is 0.269. The van der Waals surface area contributed by atoms with Crippen LogP contribution in [0.5, 0.6) is 0 Å². The van der Waals surface area contributed by atoms with Crippen molar-refractivity contribution >= 4 is 35.0 Å². The van der Waals surface area contributed by atoms with E-state index < -0.39 is 12.1 Å². The number of piperidine rings is 1. The third-order valence-corrected chi connectivity index (χ3v) is 6.06. The normalized spacial score (nSPS) is 14.0. The molecule has 36 heavy (non-hydrogen) atoms. The van der Waals surface area contributed by atoms with Gasteiger partial charge >= 0.3 is 12.1 Å². The van der Waals surface area contributed by atoms with Gasteiger partial charge in [0.25, 0.3) is 5.91 Å². The quantitative estimate of drug-likeness (QED) is 0.422. The van der Waals surface area contributed by atoms with Gasteiger partial charge in [0.05, 0.1) is 10.6 Å². The minimum Gasteiger partial charge on any atom is -0.475 e. The number of alkyl halides is 3. The summed E-state index contributed by atoms with van der Waals surface area (Å²) in [4.78, 5) is 28.1. The molecule has 3 aromatic rings. The standard InChI is InChI=1S/C24H24ClN3O.C2HF3O2/c1-17-7-5-6-10-21(17)18-11-13-28(14-12-18)23-22(25)15-19(16-26-23)24(29)27-20-8-3-2-4-9-20;3-2(4,5)1(6)7/h2-10,15-16,18H,11-14H2,1H3,(H,27,29);(H,6,7). The minimum atomic E-state index is -5.08. The fourth-order valence-corrected chi connectivity index (χ4v) is 4.25. The number of para-hydroxylation sites is 1. The number of carboxylic acid groups (broad SMARTS) is 1. The van der Waals surface area contributed by atoms with E-state index in [1.165, 1.54) is 11.1 Å². The molecule has 2 N–H and O–H groups in total. The van der Waals surface area contributed by atoms with Gasteiger partial charge in [-0.1, -0.05) is 54.1 Å². The number of aliphatic carboxylic acids is 1. The third kappa shape index (κ3) is 7.21. The SMILES string of the molecule is Cc1ccccc1C1CCN(c2ncc(C(=O)Nc3ccccc3)cc2Cl)CC1.O=C(O)C(F)(F)F. The van der Waals surface area contributed by atoms with Crippen LogP contribution in [-0.2, 0) is 4.79 Å². The highest BCUT2D eigenvalue weighted by Gasteiger charge is 2.38. The molecule has 0 radical (unpaired) electrons. The Kier molecular flexibility index (Phi) is 8.93. The van der Waals surface area contributed by atoms with Crippen molar-refractivity contribution in [1.82, 2.24) is 4.98 Å². The van der Waals surface area contributed by atoms with Crippen LogP contribution in [0.15, 0.2) is 66.9 Å². The summed E-state index contributed by atoms with van der Waals surface area (Å²) in [6, 6.07) is 19.7. The zero-order valence-electron chi connectivity index (χ0n) is 19.4. The number of aromatic nitrogens is 1. The smallest absolute Gasteiger partial charge is 0.475 e. The zero-order valence-corrected chi connectivity index (χ0v) is 20.2. The maximum atomic E-state index is 12.5. The summed E-state index contributed by atoms with van der Waals surface area (Å²) in [5.74, 6) is -1.64. The van der Waals surface area contributed by atoms with Gasteiger partial charge in [-0.25, -0.2) is 9.78 Å². The Morgan fingerprint density at radius 3 is 2.19 bits per heavy atom. The lowest BCUT2D eigenvalue weighted by Crippen LogP contribution is -2.34. The Labute approximate surface area is 211 Å². The fourth-order valence-electron chi connectivity index (χ4n) is 3.96. The van der Waals surface area contributed by atoms with Crippen molar-refractivity contribution in [3.63, 3.8) is 0 Å². The first-order chi connectivity index (χ1) is 17.1. The first kappa shape index (κ1) is 27.0. The Morgan fingerprint density at radius 2 is 1.64 bits per heavy atom. The lowest BCUT2D eigenvalue weighted by Gasteiger charge is -2.34. The molecule has 0 unspecified atom stereocenters. The van der Waals surface area contributed by atoms with Gasteiger partial charge in [0.1, 0.15) is 5.82 Å². The third-order valence-electron chi connectivity index (χ3n) is 5.78. The Bertz CT molecular complexity index is 1200. The van der Waals surface area contributed by atoms with Gasteiger partial charge in [-0.2, -0.15) is 13.2 Å². The van der Waals surface area contributed by atoms with Crippen LogP contribution in [0, 0.1) is 6.92 Å². The highest BCUT2D eigenvalue weighted by atomic mass is 35.5. The molecule has 0 saturated carbocycles. The Balaban J connectivity index is 0.000000454. The van der Waals surface area contributed by atoms with Crippen LogP contribution in [0.4, 0.5) is 24.7 Å². The summed E-state index contributed by atoms with van der Waals surface area (Å²) in [7, 11) is 0. The monoisotopic (exact) mass is 519 g/mol. The minimum absolute atomic E-state index is 0.213. The van der Waals surface area contributed by atoms with E-state index in [0.29, 0.717) is 16.5 Å². The summed E-state index contributed by atoms with van der Waals surface area (Å²) >= 11 is 6.50. The van der Waals surface area contributed by atoms with Crippen LogP contribution in [0.3, 0.4) is 0 Å². The molecular formula is C26H25ClF3N3O3. The van der Waals surface area contributed by atoms with Crippen molar-refractivity contribution in [2.45, 2.75) is 31.9 Å². The molecule has 1 saturated heterocycles.